The van der Waals surface area contributed by atoms with Crippen LogP contribution in [0.5, 0.6) is 0 Å². The van der Waals surface area contributed by atoms with Crippen molar-refractivity contribution in [2.45, 2.75) is 27.1 Å². The minimum atomic E-state index is -2.09. The molecule has 0 aliphatic heterocycles. The van der Waals surface area contributed by atoms with Crippen LogP contribution in [0.3, 0.4) is 0 Å². The molecule has 0 fully saturated rings. The molecule has 0 N–H and O–H groups in total. The summed E-state index contributed by atoms with van der Waals surface area (Å²) < 4.78 is 41.9. The molecular formula is C43H35IrN3S-2. The Morgan fingerprint density at radius 1 is 0.833 bits per heavy atom. The molecule has 0 atom stereocenters. The molecule has 0 unspecified atom stereocenters. The molecule has 3 heterocycles. The van der Waals surface area contributed by atoms with E-state index in [2.05, 4.69) is 75.6 Å². The number of rotatable bonds is 6. The number of benzene rings is 5. The summed E-state index contributed by atoms with van der Waals surface area (Å²) in [5.41, 5.74) is 8.87. The Morgan fingerprint density at radius 2 is 1.60 bits per heavy atom. The Balaban J connectivity index is 0.000000238. The van der Waals surface area contributed by atoms with E-state index in [-0.39, 0.29) is 31.6 Å². The fourth-order valence-corrected chi connectivity index (χ4v) is 6.44. The van der Waals surface area contributed by atoms with Crippen molar-refractivity contribution in [2.75, 3.05) is 0 Å². The fraction of sp³-hybridized carbons (Fsp3) is 0.116. The Bertz CT molecular complexity index is 2440. The number of fused-ring (bicyclic) bond motifs is 2. The maximum Gasteiger partial charge on any atom is 0.0774 e. The number of hydrogen-bond acceptors (Lipinski definition) is 3. The second-order valence-electron chi connectivity index (χ2n) is 11.5. The fourth-order valence-electron chi connectivity index (χ4n) is 5.56. The Morgan fingerprint density at radius 3 is 2.33 bits per heavy atom. The number of aryl methyl sites for hydroxylation is 1. The van der Waals surface area contributed by atoms with Gasteiger partial charge in [-0.25, -0.2) is 0 Å². The van der Waals surface area contributed by atoms with Crippen LogP contribution < -0.4 is 0 Å². The van der Waals surface area contributed by atoms with Gasteiger partial charge in [-0.05, 0) is 65.8 Å². The zero-order chi connectivity index (χ0) is 36.5. The van der Waals surface area contributed by atoms with Crippen LogP contribution in [-0.2, 0) is 26.5 Å². The maximum atomic E-state index is 8.51. The first-order valence-electron chi connectivity index (χ1n) is 18.0. The molecule has 0 amide bonds. The van der Waals surface area contributed by atoms with Gasteiger partial charge in [-0.2, -0.15) is 0 Å². The molecule has 3 nitrogen and oxygen atoms in total. The molecule has 0 saturated heterocycles. The van der Waals surface area contributed by atoms with Crippen LogP contribution in [0.2, 0.25) is 0 Å². The van der Waals surface area contributed by atoms with Gasteiger partial charge < -0.3 is 9.55 Å². The maximum absolute atomic E-state index is 8.51. The molecule has 5 heteroatoms. The predicted octanol–water partition coefficient (Wildman–Crippen LogP) is 11.4. The number of imidazole rings is 1. The first kappa shape index (κ1) is 27.3. The summed E-state index contributed by atoms with van der Waals surface area (Å²) in [5.74, 6) is 0.732. The predicted molar refractivity (Wildman–Crippen MR) is 198 cm³/mol. The number of nitrogens with zero attached hydrogens (tertiary/aromatic N) is 3. The number of aromatic nitrogens is 3. The first-order valence-corrected chi connectivity index (χ1v) is 16.3. The van der Waals surface area contributed by atoms with Crippen molar-refractivity contribution in [3.05, 3.63) is 162 Å². The van der Waals surface area contributed by atoms with Gasteiger partial charge in [0.25, 0.3) is 0 Å². The normalized spacial score (nSPS) is 13.0. The van der Waals surface area contributed by atoms with E-state index in [1.807, 2.05) is 74.5 Å². The van der Waals surface area contributed by atoms with Crippen molar-refractivity contribution in [1.82, 2.24) is 14.5 Å². The Labute approximate surface area is 307 Å². The molecule has 239 valence electrons. The molecule has 0 saturated carbocycles. The topological polar surface area (TPSA) is 30.7 Å². The first-order chi connectivity index (χ1) is 25.0. The zero-order valence-electron chi connectivity index (χ0n) is 31.4. The SMILES string of the molecule is [2H]C([2H])([2H])c1ccc(-c2[c-]cccc2)nc1.[2H]C([2H])(c1ccc2c(-c3nc4ccccc4n3-c3ccc(-c4ccccc4)cc3)[c-]sc2c1)C(C)C.[Ir]. The van der Waals surface area contributed by atoms with Crippen molar-refractivity contribution in [3.63, 3.8) is 0 Å². The minimum Gasteiger partial charge on any atom is -0.333 e. The van der Waals surface area contributed by atoms with E-state index in [4.69, 9.17) is 11.8 Å². The monoisotopic (exact) mass is 823 g/mol. The van der Waals surface area contributed by atoms with Crippen molar-refractivity contribution >= 4 is 32.5 Å². The van der Waals surface area contributed by atoms with Crippen molar-refractivity contribution in [2.24, 2.45) is 5.92 Å². The number of para-hydroxylation sites is 2. The summed E-state index contributed by atoms with van der Waals surface area (Å²) in [5, 5.41) is 4.52. The van der Waals surface area contributed by atoms with Crippen LogP contribution in [0.1, 0.15) is 31.8 Å². The molecule has 0 aliphatic carbocycles. The summed E-state index contributed by atoms with van der Waals surface area (Å²) in [6.45, 7) is 1.75. The Kier molecular flexibility index (Phi) is 8.55. The van der Waals surface area contributed by atoms with Gasteiger partial charge in [0.1, 0.15) is 0 Å². The third-order valence-electron chi connectivity index (χ3n) is 7.73. The molecule has 1 radical (unpaired) electrons. The second-order valence-corrected chi connectivity index (χ2v) is 12.3. The third-order valence-corrected chi connectivity index (χ3v) is 8.60. The Hall–Kier alpha value is -4.67. The molecule has 0 bridgehead atoms. The summed E-state index contributed by atoms with van der Waals surface area (Å²) in [6, 6.07) is 46.8. The van der Waals surface area contributed by atoms with Crippen molar-refractivity contribution in [1.29, 1.82) is 0 Å². The van der Waals surface area contributed by atoms with E-state index in [1.54, 1.807) is 18.2 Å². The molecule has 48 heavy (non-hydrogen) atoms. The van der Waals surface area contributed by atoms with Crippen LogP contribution >= 0.6 is 11.3 Å². The van der Waals surface area contributed by atoms with E-state index in [0.29, 0.717) is 5.56 Å². The summed E-state index contributed by atoms with van der Waals surface area (Å²) >= 11 is 1.52. The molecule has 8 aromatic rings. The molecule has 8 rings (SSSR count). The van der Waals surface area contributed by atoms with Crippen LogP contribution in [0.4, 0.5) is 0 Å². The standard InChI is InChI=1S/C31H25N2S.C12H10N.Ir/c1-21(2)18-22-12-17-26-27(20-34-30(26)19-22)31-32-28-10-6-7-11-29(28)33(31)25-15-13-24(14-16-25)23-8-4-3-5-9-23;1-10-7-8-12(13-9-10)11-5-3-2-4-6-11;/h3-17,19,21H,18H2,1-2H3;2-5,7-9H,1H3;/q2*-1;/i18D2;1D3;. The van der Waals surface area contributed by atoms with Crippen LogP contribution in [0, 0.1) is 24.2 Å². The third kappa shape index (κ3) is 7.24. The summed E-state index contributed by atoms with van der Waals surface area (Å²) in [6.07, 6.45) is 0.00909. The molecule has 0 aliphatic rings. The van der Waals surface area contributed by atoms with Gasteiger partial charge in [0.2, 0.25) is 0 Å². The number of thiophene rings is 1. The van der Waals surface area contributed by atoms with Crippen molar-refractivity contribution in [3.8, 4) is 39.5 Å². The molecule has 0 spiro atoms. The second kappa shape index (κ2) is 15.0. The van der Waals surface area contributed by atoms with E-state index in [0.717, 1.165) is 49.5 Å². The summed E-state index contributed by atoms with van der Waals surface area (Å²) in [4.78, 5) is 9.15. The van der Waals surface area contributed by atoms with Gasteiger partial charge >= 0.3 is 0 Å². The zero-order valence-corrected chi connectivity index (χ0v) is 29.7. The van der Waals surface area contributed by atoms with Gasteiger partial charge in [0.15, 0.2) is 0 Å². The van der Waals surface area contributed by atoms with Gasteiger partial charge in [0, 0.05) is 38.8 Å². The van der Waals surface area contributed by atoms with Crippen LogP contribution in [0.15, 0.2) is 140 Å². The van der Waals surface area contributed by atoms with Gasteiger partial charge in [0.05, 0.1) is 16.9 Å². The largest absolute Gasteiger partial charge is 0.333 e. The van der Waals surface area contributed by atoms with E-state index < -0.39 is 13.2 Å². The van der Waals surface area contributed by atoms with E-state index >= 15 is 0 Å². The van der Waals surface area contributed by atoms with Gasteiger partial charge in [-0.1, -0.05) is 114 Å². The van der Waals surface area contributed by atoms with E-state index in [9.17, 15) is 0 Å². The summed E-state index contributed by atoms with van der Waals surface area (Å²) in [7, 11) is 0. The smallest absolute Gasteiger partial charge is 0.0774 e. The average molecular weight is 823 g/mol. The minimum absolute atomic E-state index is 0. The molecule has 5 aromatic carbocycles. The van der Waals surface area contributed by atoms with Gasteiger partial charge in [-0.3, -0.25) is 16.3 Å². The van der Waals surface area contributed by atoms with Gasteiger partial charge in [-0.15, -0.1) is 47.3 Å². The molecule has 3 aromatic heterocycles. The molecular weight excluding hydrogens is 783 g/mol. The van der Waals surface area contributed by atoms with Crippen LogP contribution in [-0.4, -0.2) is 14.5 Å². The average Bonchev–Trinajstić information content (AvgIpc) is 3.77. The van der Waals surface area contributed by atoms with Crippen LogP contribution in [0.25, 0.3) is 60.6 Å². The number of pyridine rings is 1. The van der Waals surface area contributed by atoms with E-state index in [1.165, 1.54) is 28.7 Å². The number of hydrogen-bond donors (Lipinski definition) is 0. The van der Waals surface area contributed by atoms with Crippen molar-refractivity contribution < 1.29 is 27.0 Å². The quantitative estimate of drug-likeness (QED) is 0.156.